The summed E-state index contributed by atoms with van der Waals surface area (Å²) >= 11 is 1.48. The molecule has 0 aromatic heterocycles. The Labute approximate surface area is 164 Å². The highest BCUT2D eigenvalue weighted by Gasteiger charge is 2.37. The van der Waals surface area contributed by atoms with Crippen molar-refractivity contribution in [2.75, 3.05) is 7.11 Å². The molecule has 1 aliphatic heterocycles. The van der Waals surface area contributed by atoms with E-state index >= 15 is 0 Å². The number of carbonyl (C=O) groups is 1. The Hall–Kier alpha value is -2.60. The lowest BCUT2D eigenvalue weighted by Crippen LogP contribution is -2.31. The number of aryl methyl sites for hydroxylation is 1. The molecule has 0 unspecified atom stereocenters. The van der Waals surface area contributed by atoms with Gasteiger partial charge < -0.3 is 4.74 Å². The zero-order chi connectivity index (χ0) is 19.2. The molecule has 1 amide bonds. The zero-order valence-corrected chi connectivity index (χ0v) is 16.6. The monoisotopic (exact) mass is 381 g/mol. The number of rotatable bonds is 6. The smallest absolute Gasteiger partial charge is 0.242 e. The largest absolute Gasteiger partial charge is 0.496 e. The van der Waals surface area contributed by atoms with E-state index < -0.39 is 0 Å². The summed E-state index contributed by atoms with van der Waals surface area (Å²) in [6.45, 7) is 4.58. The third-order valence-corrected chi connectivity index (χ3v) is 5.79. The maximum absolute atomic E-state index is 12.7. The maximum Gasteiger partial charge on any atom is 0.242 e. The highest BCUT2D eigenvalue weighted by atomic mass is 32.2. The van der Waals surface area contributed by atoms with E-state index in [0.29, 0.717) is 11.7 Å². The van der Waals surface area contributed by atoms with Crippen LogP contribution in [0.2, 0.25) is 0 Å². The number of para-hydroxylation sites is 1. The predicted molar refractivity (Wildman–Crippen MR) is 111 cm³/mol. The highest BCUT2D eigenvalue weighted by Crippen LogP contribution is 2.31. The second kappa shape index (κ2) is 8.86. The van der Waals surface area contributed by atoms with Gasteiger partial charge in [0.15, 0.2) is 5.17 Å². The number of nitrogens with zero attached hydrogens (tertiary/aromatic N) is 3. The molecule has 0 radical (unpaired) electrons. The Kier molecular flexibility index (Phi) is 6.29. The third kappa shape index (κ3) is 4.39. The first-order valence-corrected chi connectivity index (χ1v) is 9.78. The molecule has 1 atom stereocenters. The zero-order valence-electron chi connectivity index (χ0n) is 15.8. The van der Waals surface area contributed by atoms with Gasteiger partial charge in [-0.2, -0.15) is 5.10 Å². The van der Waals surface area contributed by atoms with Crippen LogP contribution in [0, 0.1) is 6.92 Å². The molecule has 140 valence electrons. The standard InChI is InChI=1S/C21H23N3O2S/c1-4-19-20(25)24(14-17-11-6-5-9-15(17)2)21(27-19)23-22-13-16-10-7-8-12-18(16)26-3/h5-13,19H,4,14H2,1-3H3/b22-13-,23-21+/t19-/m1/s1. The molecule has 1 saturated heterocycles. The quantitative estimate of drug-likeness (QED) is 0.555. The van der Waals surface area contributed by atoms with E-state index in [-0.39, 0.29) is 11.2 Å². The van der Waals surface area contributed by atoms with Gasteiger partial charge in [0, 0.05) is 5.56 Å². The van der Waals surface area contributed by atoms with Gasteiger partial charge in [-0.15, -0.1) is 5.10 Å². The molecule has 0 bridgehead atoms. The van der Waals surface area contributed by atoms with Gasteiger partial charge in [-0.25, -0.2) is 0 Å². The van der Waals surface area contributed by atoms with Gasteiger partial charge in [-0.1, -0.05) is 55.1 Å². The fourth-order valence-electron chi connectivity index (χ4n) is 2.86. The summed E-state index contributed by atoms with van der Waals surface area (Å²) in [6.07, 6.45) is 2.42. The van der Waals surface area contributed by atoms with Gasteiger partial charge in [0.1, 0.15) is 5.75 Å². The lowest BCUT2D eigenvalue weighted by molar-refractivity contribution is -0.126. The van der Waals surface area contributed by atoms with E-state index in [9.17, 15) is 4.79 Å². The average Bonchev–Trinajstić information content (AvgIpc) is 2.99. The number of carbonyl (C=O) groups excluding carboxylic acids is 1. The van der Waals surface area contributed by atoms with E-state index in [1.165, 1.54) is 11.8 Å². The number of amides is 1. The Morgan fingerprint density at radius 2 is 1.93 bits per heavy atom. The van der Waals surface area contributed by atoms with Crippen molar-refractivity contribution < 1.29 is 9.53 Å². The van der Waals surface area contributed by atoms with Gasteiger partial charge in [0.2, 0.25) is 5.91 Å². The molecule has 3 rings (SSSR count). The van der Waals surface area contributed by atoms with Crippen LogP contribution < -0.4 is 4.74 Å². The number of benzene rings is 2. The van der Waals surface area contributed by atoms with Gasteiger partial charge in [-0.3, -0.25) is 9.69 Å². The number of hydrogen-bond donors (Lipinski definition) is 0. The summed E-state index contributed by atoms with van der Waals surface area (Å²) in [5, 5.41) is 9.10. The van der Waals surface area contributed by atoms with Crippen LogP contribution in [0.15, 0.2) is 58.7 Å². The molecule has 0 aliphatic carbocycles. The summed E-state index contributed by atoms with van der Waals surface area (Å²) in [4.78, 5) is 14.5. The number of methoxy groups -OCH3 is 1. The summed E-state index contributed by atoms with van der Waals surface area (Å²) < 4.78 is 5.32. The van der Waals surface area contributed by atoms with Crippen LogP contribution in [-0.2, 0) is 11.3 Å². The first-order valence-electron chi connectivity index (χ1n) is 8.90. The Morgan fingerprint density at radius 3 is 2.67 bits per heavy atom. The Bertz CT molecular complexity index is 879. The van der Waals surface area contributed by atoms with Crippen LogP contribution in [-0.4, -0.2) is 34.5 Å². The molecule has 1 fully saturated rings. The fraction of sp³-hybridized carbons (Fsp3) is 0.286. The van der Waals surface area contributed by atoms with Crippen molar-refractivity contribution in [1.82, 2.24) is 4.90 Å². The van der Waals surface area contributed by atoms with Gasteiger partial charge >= 0.3 is 0 Å². The minimum Gasteiger partial charge on any atom is -0.496 e. The first kappa shape index (κ1) is 19.2. The Morgan fingerprint density at radius 1 is 1.19 bits per heavy atom. The van der Waals surface area contributed by atoms with Crippen molar-refractivity contribution in [3.05, 3.63) is 65.2 Å². The van der Waals surface area contributed by atoms with Crippen molar-refractivity contribution in [3.8, 4) is 5.75 Å². The molecule has 6 heteroatoms. The Balaban J connectivity index is 1.84. The minimum atomic E-state index is -0.103. The highest BCUT2D eigenvalue weighted by molar-refractivity contribution is 8.15. The van der Waals surface area contributed by atoms with Gasteiger partial charge in [0.25, 0.3) is 0 Å². The number of amidine groups is 1. The van der Waals surface area contributed by atoms with E-state index in [0.717, 1.165) is 28.9 Å². The molecule has 2 aromatic rings. The molecule has 1 aliphatic rings. The van der Waals surface area contributed by atoms with Crippen LogP contribution in [0.1, 0.15) is 30.0 Å². The average molecular weight is 382 g/mol. The summed E-state index contributed by atoms with van der Waals surface area (Å²) in [5.74, 6) is 0.830. The maximum atomic E-state index is 12.7. The molecular formula is C21H23N3O2S. The lowest BCUT2D eigenvalue weighted by Gasteiger charge is -2.17. The predicted octanol–water partition coefficient (Wildman–Crippen LogP) is 4.25. The van der Waals surface area contributed by atoms with Crippen LogP contribution in [0.4, 0.5) is 0 Å². The van der Waals surface area contributed by atoms with E-state index in [4.69, 9.17) is 4.74 Å². The molecule has 1 heterocycles. The van der Waals surface area contributed by atoms with Crippen molar-refractivity contribution in [2.45, 2.75) is 32.1 Å². The molecule has 0 N–H and O–H groups in total. The SMILES string of the molecule is CC[C@H]1S/C(=N/N=C\c2ccccc2OC)N(Cc2ccccc2C)C1=O. The van der Waals surface area contributed by atoms with Crippen molar-refractivity contribution in [3.63, 3.8) is 0 Å². The van der Waals surface area contributed by atoms with Crippen LogP contribution in [0.25, 0.3) is 0 Å². The molecule has 0 saturated carbocycles. The minimum absolute atomic E-state index is 0.0944. The number of hydrogen-bond acceptors (Lipinski definition) is 5. The second-order valence-corrected chi connectivity index (χ2v) is 7.40. The second-order valence-electron chi connectivity index (χ2n) is 6.23. The molecule has 2 aromatic carbocycles. The summed E-state index contributed by atoms with van der Waals surface area (Å²) in [7, 11) is 1.62. The number of thioether (sulfide) groups is 1. The summed E-state index contributed by atoms with van der Waals surface area (Å²) in [6, 6.07) is 15.7. The van der Waals surface area contributed by atoms with Crippen LogP contribution in [0.3, 0.4) is 0 Å². The third-order valence-electron chi connectivity index (χ3n) is 4.46. The lowest BCUT2D eigenvalue weighted by atomic mass is 10.1. The van der Waals surface area contributed by atoms with E-state index in [1.54, 1.807) is 18.2 Å². The van der Waals surface area contributed by atoms with Crippen molar-refractivity contribution in [2.24, 2.45) is 10.2 Å². The summed E-state index contributed by atoms with van der Waals surface area (Å²) in [5.41, 5.74) is 3.12. The molecule has 5 nitrogen and oxygen atoms in total. The fourth-order valence-corrected chi connectivity index (χ4v) is 3.89. The topological polar surface area (TPSA) is 54.3 Å². The molecule has 27 heavy (non-hydrogen) atoms. The molecular weight excluding hydrogens is 358 g/mol. The van der Waals surface area contributed by atoms with Crippen LogP contribution >= 0.6 is 11.8 Å². The van der Waals surface area contributed by atoms with Crippen molar-refractivity contribution in [1.29, 1.82) is 0 Å². The van der Waals surface area contributed by atoms with Gasteiger partial charge in [0.05, 0.1) is 25.1 Å². The first-order chi connectivity index (χ1) is 13.1. The van der Waals surface area contributed by atoms with Gasteiger partial charge in [-0.05, 0) is 36.6 Å². The normalized spacial score (nSPS) is 18.6. The van der Waals surface area contributed by atoms with Crippen LogP contribution in [0.5, 0.6) is 5.75 Å². The molecule has 0 spiro atoms. The van der Waals surface area contributed by atoms with E-state index in [1.807, 2.05) is 49.4 Å². The van der Waals surface area contributed by atoms with E-state index in [2.05, 4.69) is 23.2 Å². The number of ether oxygens (including phenoxy) is 1. The van der Waals surface area contributed by atoms with Crippen molar-refractivity contribution >= 4 is 29.1 Å².